The summed E-state index contributed by atoms with van der Waals surface area (Å²) in [7, 11) is -5.23. The van der Waals surface area contributed by atoms with Gasteiger partial charge in [0, 0.05) is 0 Å². The lowest BCUT2D eigenvalue weighted by Crippen LogP contribution is -2.56. The highest BCUT2D eigenvalue weighted by atomic mass is 31.2. The first-order chi connectivity index (χ1) is 27.6. The van der Waals surface area contributed by atoms with Crippen LogP contribution in [-0.4, -0.2) is 50.4 Å². The fourth-order valence-corrected chi connectivity index (χ4v) is 13.4. The zero-order chi connectivity index (χ0) is 42.4. The number of allylic oxidation sites excluding steroid dienone is 3. The zero-order valence-electron chi connectivity index (χ0n) is 37.8. The summed E-state index contributed by atoms with van der Waals surface area (Å²) in [6.45, 7) is 13.8. The maximum Gasteiger partial charge on any atom is 0.470 e. The first-order valence-electron chi connectivity index (χ1n) is 24.2. The van der Waals surface area contributed by atoms with Gasteiger partial charge in [-0.15, -0.1) is 0 Å². The van der Waals surface area contributed by atoms with E-state index >= 15 is 0 Å². The second kappa shape index (κ2) is 23.4. The van der Waals surface area contributed by atoms with Crippen molar-refractivity contribution in [2.24, 2.45) is 46.3 Å². The van der Waals surface area contributed by atoms with E-state index in [1.54, 1.807) is 0 Å². The summed E-state index contributed by atoms with van der Waals surface area (Å²) >= 11 is 0. The topological polar surface area (TPSA) is 134 Å². The van der Waals surface area contributed by atoms with Crippen molar-refractivity contribution in [3.8, 4) is 0 Å². The molecule has 0 spiro atoms. The van der Waals surface area contributed by atoms with Crippen LogP contribution in [0.4, 0.5) is 0 Å². The summed E-state index contributed by atoms with van der Waals surface area (Å²) < 4.78 is 23.9. The third-order valence-electron chi connectivity index (χ3n) is 16.0. The Kier molecular flexibility index (Phi) is 20.1. The van der Waals surface area contributed by atoms with Gasteiger partial charge in [0.2, 0.25) is 5.60 Å². The average molecular weight is 835 g/mol. The van der Waals surface area contributed by atoms with Gasteiger partial charge in [-0.1, -0.05) is 142 Å². The summed E-state index contributed by atoms with van der Waals surface area (Å²) in [6.07, 6.45) is 33.1. The number of rotatable bonds is 28. The maximum atomic E-state index is 13.0. The summed E-state index contributed by atoms with van der Waals surface area (Å²) in [6, 6.07) is 0. The van der Waals surface area contributed by atoms with Gasteiger partial charge in [0.1, 0.15) is 6.10 Å². The minimum Gasteiger partial charge on any atom is -0.479 e. The molecule has 3 fully saturated rings. The van der Waals surface area contributed by atoms with E-state index in [2.05, 4.69) is 59.8 Å². The lowest BCUT2D eigenvalue weighted by molar-refractivity contribution is -0.190. The van der Waals surface area contributed by atoms with Crippen LogP contribution in [0.3, 0.4) is 0 Å². The van der Waals surface area contributed by atoms with Gasteiger partial charge in [-0.3, -0.25) is 4.52 Å². The Morgan fingerprint density at radius 2 is 1.50 bits per heavy atom. The first kappa shape index (κ1) is 49.6. The SMILES string of the molecule is CCCCCCCC/C=C\CCCCCCCCC(OP(=O)(O)O)(C(=O)O)C(CO)OC1CC[C@@]2(C)C(=CCC3C2CC[C@@]2(C)C3CC[C@@H]2[C@H](C)CCCC(C)C)C1. The third kappa shape index (κ3) is 13.2. The minimum atomic E-state index is -5.23. The van der Waals surface area contributed by atoms with Gasteiger partial charge in [-0.05, 0) is 136 Å². The highest BCUT2D eigenvalue weighted by Gasteiger charge is 2.60. The molecule has 4 rings (SSSR count). The van der Waals surface area contributed by atoms with Crippen molar-refractivity contribution < 1.29 is 38.6 Å². The quantitative estimate of drug-likeness (QED) is 0.0348. The van der Waals surface area contributed by atoms with Gasteiger partial charge >= 0.3 is 13.8 Å². The number of fused-ring (bicyclic) bond motifs is 5. The number of phosphoric acid groups is 1. The number of aliphatic hydroxyl groups excluding tert-OH is 1. The van der Waals surface area contributed by atoms with Gasteiger partial charge in [0.15, 0.2) is 0 Å². The number of aliphatic hydroxyl groups is 1. The third-order valence-corrected chi connectivity index (χ3v) is 16.6. The molecule has 4 aliphatic carbocycles. The molecule has 0 aromatic rings. The monoisotopic (exact) mass is 835 g/mol. The molecule has 0 aliphatic heterocycles. The number of hydrogen-bond acceptors (Lipinski definition) is 5. The van der Waals surface area contributed by atoms with E-state index in [-0.39, 0.29) is 17.9 Å². The molecule has 0 saturated heterocycles. The normalized spacial score (nSPS) is 30.7. The lowest BCUT2D eigenvalue weighted by atomic mass is 9.47. The van der Waals surface area contributed by atoms with Crippen molar-refractivity contribution in [2.45, 2.75) is 226 Å². The van der Waals surface area contributed by atoms with Crippen molar-refractivity contribution in [3.05, 3.63) is 23.8 Å². The van der Waals surface area contributed by atoms with Crippen LogP contribution in [-0.2, 0) is 18.6 Å². The molecule has 6 unspecified atom stereocenters. The largest absolute Gasteiger partial charge is 0.479 e. The molecule has 10 atom stereocenters. The van der Waals surface area contributed by atoms with Gasteiger partial charge in [0.25, 0.3) is 0 Å². The van der Waals surface area contributed by atoms with Gasteiger partial charge in [-0.2, -0.15) is 0 Å². The molecule has 8 nitrogen and oxygen atoms in total. The van der Waals surface area contributed by atoms with E-state index in [1.165, 1.54) is 89.0 Å². The van der Waals surface area contributed by atoms with Crippen LogP contribution in [0.15, 0.2) is 23.8 Å². The van der Waals surface area contributed by atoms with Gasteiger partial charge < -0.3 is 24.7 Å². The van der Waals surface area contributed by atoms with Crippen LogP contribution < -0.4 is 0 Å². The van der Waals surface area contributed by atoms with Crippen molar-refractivity contribution in [1.82, 2.24) is 0 Å². The Balaban J connectivity index is 1.30. The molecule has 0 amide bonds. The van der Waals surface area contributed by atoms with E-state index in [4.69, 9.17) is 9.26 Å². The average Bonchev–Trinajstić information content (AvgIpc) is 3.53. The molecule has 336 valence electrons. The maximum absolute atomic E-state index is 13.0. The van der Waals surface area contributed by atoms with Crippen LogP contribution in [0, 0.1) is 46.3 Å². The fraction of sp³-hybridized carbons (Fsp3) is 0.898. The number of unbranched alkanes of at least 4 members (excludes halogenated alkanes) is 12. The number of carboxylic acids is 1. The zero-order valence-corrected chi connectivity index (χ0v) is 38.7. The molecule has 0 aromatic heterocycles. The van der Waals surface area contributed by atoms with Crippen LogP contribution in [0.2, 0.25) is 0 Å². The number of hydrogen-bond donors (Lipinski definition) is 4. The van der Waals surface area contributed by atoms with E-state index < -0.39 is 32.1 Å². The Morgan fingerprint density at radius 3 is 2.10 bits per heavy atom. The number of aliphatic carboxylic acids is 1. The van der Waals surface area contributed by atoms with E-state index in [0.29, 0.717) is 42.9 Å². The highest BCUT2D eigenvalue weighted by molar-refractivity contribution is 7.46. The Labute approximate surface area is 354 Å². The van der Waals surface area contributed by atoms with Crippen LogP contribution in [0.1, 0.15) is 208 Å². The van der Waals surface area contributed by atoms with Gasteiger partial charge in [-0.25, -0.2) is 9.36 Å². The fourth-order valence-electron chi connectivity index (χ4n) is 12.7. The van der Waals surface area contributed by atoms with Crippen molar-refractivity contribution in [2.75, 3.05) is 6.61 Å². The predicted octanol–water partition coefficient (Wildman–Crippen LogP) is 13.1. The molecule has 58 heavy (non-hydrogen) atoms. The molecule has 4 aliphatic rings. The molecule has 0 aromatic carbocycles. The summed E-state index contributed by atoms with van der Waals surface area (Å²) in [5.41, 5.74) is -0.486. The number of ether oxygens (including phenoxy) is 1. The first-order valence-corrected chi connectivity index (χ1v) is 25.7. The molecule has 0 radical (unpaired) electrons. The molecule has 4 N–H and O–H groups in total. The molecular weight excluding hydrogens is 748 g/mol. The molecule has 0 heterocycles. The number of carbonyl (C=O) groups is 1. The van der Waals surface area contributed by atoms with Gasteiger partial charge in [0.05, 0.1) is 12.7 Å². The van der Waals surface area contributed by atoms with Crippen molar-refractivity contribution in [3.63, 3.8) is 0 Å². The van der Waals surface area contributed by atoms with Crippen LogP contribution in [0.25, 0.3) is 0 Å². The van der Waals surface area contributed by atoms with E-state index in [0.717, 1.165) is 75.0 Å². The molecule has 0 bridgehead atoms. The minimum absolute atomic E-state index is 0.0654. The second-order valence-electron chi connectivity index (χ2n) is 20.4. The Hall–Kier alpha value is -1.02. The Bertz CT molecular complexity index is 1340. The lowest BCUT2D eigenvalue weighted by Gasteiger charge is -2.58. The second-order valence-corrected chi connectivity index (χ2v) is 21.6. The van der Waals surface area contributed by atoms with Crippen molar-refractivity contribution in [1.29, 1.82) is 0 Å². The molecule has 9 heteroatoms. The van der Waals surface area contributed by atoms with Crippen molar-refractivity contribution >= 4 is 13.8 Å². The molecule has 3 saturated carbocycles. The predicted molar refractivity (Wildman–Crippen MR) is 236 cm³/mol. The highest BCUT2D eigenvalue weighted by Crippen LogP contribution is 2.67. The van der Waals surface area contributed by atoms with E-state index in [1.807, 2.05) is 0 Å². The number of carboxylic acid groups (broad SMARTS) is 1. The molecular formula is C49H87O8P. The summed E-state index contributed by atoms with van der Waals surface area (Å²) in [4.78, 5) is 32.8. The number of phosphoric ester groups is 1. The summed E-state index contributed by atoms with van der Waals surface area (Å²) in [5.74, 6) is 2.93. The van der Waals surface area contributed by atoms with Crippen LogP contribution in [0.5, 0.6) is 0 Å². The van der Waals surface area contributed by atoms with Crippen LogP contribution >= 0.6 is 7.82 Å². The smallest absolute Gasteiger partial charge is 0.470 e. The standard InChI is InChI=1S/C49H87O8P/c1-7-8-9-10-11-12-13-14-15-16-17-18-19-20-21-22-32-49(46(51)52,57-58(53,54)55)45(36-50)56-40-30-33-47(5)39(35-40)26-27-41-43-29-28-42(38(4)25-23-24-37(2)3)48(43,6)34-31-44(41)47/h14-15,26,37-38,40-45,50H,7-13,16-25,27-36H2,1-6H3,(H,51,52)(H2,53,54,55)/b15-14-/t38-,40?,41?,42-,43?,44?,45?,47+,48-,49?/m1/s1. The Morgan fingerprint density at radius 1 is 0.862 bits per heavy atom. The summed E-state index contributed by atoms with van der Waals surface area (Å²) in [5, 5.41) is 21.1. The van der Waals surface area contributed by atoms with E-state index in [9.17, 15) is 29.4 Å².